The van der Waals surface area contributed by atoms with Gasteiger partial charge in [-0.2, -0.15) is 4.31 Å². The lowest BCUT2D eigenvalue weighted by Crippen LogP contribution is -2.39. The van der Waals surface area contributed by atoms with E-state index in [1.165, 1.54) is 24.1 Å². The highest BCUT2D eigenvalue weighted by atomic mass is 32.2. The standard InChI is InChI=1S/C20H28N4O2S/c1-2-5-16-8-10-18(11-9-16)27(25,26)23-14-12-17(13-15-23)24-20-7-4-3-6-19(20)21-22-24/h8-11,17H,2-7,12-15H2,1H3. The van der Waals surface area contributed by atoms with Crippen LogP contribution < -0.4 is 0 Å². The van der Waals surface area contributed by atoms with Crippen molar-refractivity contribution in [1.82, 2.24) is 19.3 Å². The van der Waals surface area contributed by atoms with Crippen molar-refractivity contribution in [3.8, 4) is 0 Å². The summed E-state index contributed by atoms with van der Waals surface area (Å²) in [6.07, 6.45) is 8.09. The Morgan fingerprint density at radius 3 is 2.48 bits per heavy atom. The first kappa shape index (κ1) is 18.6. The van der Waals surface area contributed by atoms with Crippen LogP contribution in [0.4, 0.5) is 0 Å². The largest absolute Gasteiger partial charge is 0.246 e. The van der Waals surface area contributed by atoms with Crippen molar-refractivity contribution in [2.45, 2.75) is 69.2 Å². The Kier molecular flexibility index (Phi) is 5.32. The maximum Gasteiger partial charge on any atom is 0.243 e. The highest BCUT2D eigenvalue weighted by Crippen LogP contribution is 2.30. The van der Waals surface area contributed by atoms with Crippen LogP contribution in [0.1, 0.15) is 62.0 Å². The maximum absolute atomic E-state index is 13.0. The van der Waals surface area contributed by atoms with Crippen LogP contribution in [0.5, 0.6) is 0 Å². The van der Waals surface area contributed by atoms with E-state index in [-0.39, 0.29) is 6.04 Å². The summed E-state index contributed by atoms with van der Waals surface area (Å²) < 4.78 is 29.7. The average Bonchev–Trinajstić information content (AvgIpc) is 3.13. The zero-order valence-corrected chi connectivity index (χ0v) is 16.8. The molecule has 2 aromatic rings. The number of piperidine rings is 1. The third kappa shape index (κ3) is 3.67. The molecule has 7 heteroatoms. The fourth-order valence-corrected chi connectivity index (χ4v) is 5.74. The summed E-state index contributed by atoms with van der Waals surface area (Å²) in [6, 6.07) is 7.63. The minimum Gasteiger partial charge on any atom is -0.246 e. The highest BCUT2D eigenvalue weighted by molar-refractivity contribution is 7.89. The number of hydrogen-bond donors (Lipinski definition) is 0. The van der Waals surface area contributed by atoms with Crippen molar-refractivity contribution in [2.24, 2.45) is 0 Å². The summed E-state index contributed by atoms with van der Waals surface area (Å²) in [5.74, 6) is 0. The molecule has 0 saturated carbocycles. The summed E-state index contributed by atoms with van der Waals surface area (Å²) >= 11 is 0. The molecule has 1 fully saturated rings. The van der Waals surface area contributed by atoms with Crippen molar-refractivity contribution in [3.05, 3.63) is 41.2 Å². The molecule has 6 nitrogen and oxygen atoms in total. The van der Waals surface area contributed by atoms with E-state index in [9.17, 15) is 8.42 Å². The predicted octanol–water partition coefficient (Wildman–Crippen LogP) is 3.14. The number of sulfonamides is 1. The van der Waals surface area contributed by atoms with E-state index in [4.69, 9.17) is 0 Å². The van der Waals surface area contributed by atoms with Gasteiger partial charge in [-0.15, -0.1) is 5.10 Å². The van der Waals surface area contributed by atoms with Crippen molar-refractivity contribution in [3.63, 3.8) is 0 Å². The van der Waals surface area contributed by atoms with Gasteiger partial charge in [-0.3, -0.25) is 0 Å². The summed E-state index contributed by atoms with van der Waals surface area (Å²) in [7, 11) is -3.42. The van der Waals surface area contributed by atoms with Crippen LogP contribution in [0.3, 0.4) is 0 Å². The molecule has 27 heavy (non-hydrogen) atoms. The minimum absolute atomic E-state index is 0.262. The number of nitrogens with zero attached hydrogens (tertiary/aromatic N) is 4. The molecule has 0 amide bonds. The predicted molar refractivity (Wildman–Crippen MR) is 104 cm³/mol. The van der Waals surface area contributed by atoms with E-state index in [1.54, 1.807) is 16.4 Å². The van der Waals surface area contributed by atoms with Crippen molar-refractivity contribution < 1.29 is 8.42 Å². The SMILES string of the molecule is CCCc1ccc(S(=O)(=O)N2CCC(n3nnc4c3CCCC4)CC2)cc1. The molecule has 1 aliphatic carbocycles. The van der Waals surface area contributed by atoms with Crippen LogP contribution in [0, 0.1) is 0 Å². The quantitative estimate of drug-likeness (QED) is 0.789. The van der Waals surface area contributed by atoms with E-state index in [0.717, 1.165) is 44.2 Å². The van der Waals surface area contributed by atoms with Crippen LogP contribution in [0.2, 0.25) is 0 Å². The Morgan fingerprint density at radius 1 is 1.07 bits per heavy atom. The molecular weight excluding hydrogens is 360 g/mol. The maximum atomic E-state index is 13.0. The monoisotopic (exact) mass is 388 g/mol. The number of rotatable bonds is 5. The Morgan fingerprint density at radius 2 is 1.78 bits per heavy atom. The molecule has 4 rings (SSSR count). The highest BCUT2D eigenvalue weighted by Gasteiger charge is 2.32. The molecule has 0 spiro atoms. The average molecular weight is 389 g/mol. The Balaban J connectivity index is 1.44. The zero-order chi connectivity index (χ0) is 18.9. The summed E-state index contributed by atoms with van der Waals surface area (Å²) in [6.45, 7) is 3.21. The Bertz CT molecular complexity index is 881. The summed E-state index contributed by atoms with van der Waals surface area (Å²) in [5.41, 5.74) is 3.60. The molecule has 1 aromatic heterocycles. The van der Waals surface area contributed by atoms with Crippen molar-refractivity contribution >= 4 is 10.0 Å². The van der Waals surface area contributed by atoms with E-state index < -0.39 is 10.0 Å². The van der Waals surface area contributed by atoms with Gasteiger partial charge in [-0.1, -0.05) is 30.7 Å². The summed E-state index contributed by atoms with van der Waals surface area (Å²) in [4.78, 5) is 0.402. The molecule has 0 unspecified atom stereocenters. The first-order chi connectivity index (χ1) is 13.1. The molecule has 146 valence electrons. The van der Waals surface area contributed by atoms with E-state index >= 15 is 0 Å². The van der Waals surface area contributed by atoms with Crippen LogP contribution >= 0.6 is 0 Å². The van der Waals surface area contributed by atoms with Crippen molar-refractivity contribution in [1.29, 1.82) is 0 Å². The van der Waals surface area contributed by atoms with Gasteiger partial charge in [0.05, 0.1) is 22.3 Å². The van der Waals surface area contributed by atoms with Crippen LogP contribution in [-0.4, -0.2) is 40.8 Å². The van der Waals surface area contributed by atoms with E-state index in [1.807, 2.05) is 12.1 Å². The van der Waals surface area contributed by atoms with Crippen molar-refractivity contribution in [2.75, 3.05) is 13.1 Å². The fourth-order valence-electron chi connectivity index (χ4n) is 4.27. The molecule has 0 N–H and O–H groups in total. The zero-order valence-electron chi connectivity index (χ0n) is 16.0. The summed E-state index contributed by atoms with van der Waals surface area (Å²) in [5, 5.41) is 8.74. The second-order valence-electron chi connectivity index (χ2n) is 7.66. The molecule has 1 aromatic carbocycles. The second kappa shape index (κ2) is 7.72. The van der Waals surface area contributed by atoms with Gasteiger partial charge in [-0.25, -0.2) is 13.1 Å². The van der Waals surface area contributed by atoms with Crippen LogP contribution in [0.25, 0.3) is 0 Å². The fraction of sp³-hybridized carbons (Fsp3) is 0.600. The Hall–Kier alpha value is -1.73. The second-order valence-corrected chi connectivity index (χ2v) is 9.60. The molecule has 2 heterocycles. The first-order valence-electron chi connectivity index (χ1n) is 10.1. The van der Waals surface area contributed by atoms with Gasteiger partial charge in [0.25, 0.3) is 0 Å². The number of aryl methyl sites for hydroxylation is 2. The smallest absolute Gasteiger partial charge is 0.243 e. The van der Waals surface area contributed by atoms with Gasteiger partial charge >= 0.3 is 0 Å². The Labute approximate surface area is 161 Å². The number of aromatic nitrogens is 3. The molecule has 1 aliphatic heterocycles. The lowest BCUT2D eigenvalue weighted by Gasteiger charge is -2.32. The minimum atomic E-state index is -3.42. The molecule has 2 aliphatic rings. The normalized spacial score (nSPS) is 19.1. The van der Waals surface area contributed by atoms with Gasteiger partial charge in [0.1, 0.15) is 0 Å². The third-order valence-electron chi connectivity index (χ3n) is 5.82. The van der Waals surface area contributed by atoms with Crippen LogP contribution in [-0.2, 0) is 29.3 Å². The number of fused-ring (bicyclic) bond motifs is 1. The lowest BCUT2D eigenvalue weighted by molar-refractivity contribution is 0.254. The number of benzene rings is 1. The number of hydrogen-bond acceptors (Lipinski definition) is 4. The van der Waals surface area contributed by atoms with E-state index in [0.29, 0.717) is 18.0 Å². The van der Waals surface area contributed by atoms with Gasteiger partial charge in [0.2, 0.25) is 10.0 Å². The molecule has 1 saturated heterocycles. The van der Waals surface area contributed by atoms with Gasteiger partial charge in [-0.05, 0) is 62.6 Å². The lowest BCUT2D eigenvalue weighted by atomic mass is 9.99. The van der Waals surface area contributed by atoms with E-state index in [2.05, 4.69) is 21.9 Å². The molecule has 0 atom stereocenters. The molecule has 0 radical (unpaired) electrons. The van der Waals surface area contributed by atoms with Crippen LogP contribution in [0.15, 0.2) is 29.2 Å². The third-order valence-corrected chi connectivity index (χ3v) is 7.73. The van der Waals surface area contributed by atoms with Gasteiger partial charge in [0.15, 0.2) is 0 Å². The van der Waals surface area contributed by atoms with Gasteiger partial charge < -0.3 is 0 Å². The topological polar surface area (TPSA) is 68.1 Å². The molecule has 0 bridgehead atoms. The molecular formula is C20H28N4O2S. The van der Waals surface area contributed by atoms with Gasteiger partial charge in [0, 0.05) is 13.1 Å². The first-order valence-corrected chi connectivity index (χ1v) is 11.6.